The molecule has 1 aromatic heterocycles. The van der Waals surface area contributed by atoms with Crippen LogP contribution in [0.25, 0.3) is 0 Å². The van der Waals surface area contributed by atoms with E-state index < -0.39 is 0 Å². The number of thiophene rings is 1. The van der Waals surface area contributed by atoms with Crippen molar-refractivity contribution < 1.29 is 4.79 Å². The Morgan fingerprint density at radius 3 is 2.86 bits per heavy atom. The van der Waals surface area contributed by atoms with Crippen molar-refractivity contribution in [3.05, 3.63) is 51.2 Å². The molecule has 3 rings (SSSR count). The summed E-state index contributed by atoms with van der Waals surface area (Å²) in [5.41, 5.74) is 2.40. The second kappa shape index (κ2) is 6.11. The van der Waals surface area contributed by atoms with Crippen LogP contribution < -0.4 is 5.32 Å². The summed E-state index contributed by atoms with van der Waals surface area (Å²) in [7, 11) is 0. The van der Waals surface area contributed by atoms with E-state index in [9.17, 15) is 4.79 Å². The number of aryl methyl sites for hydroxylation is 2. The SMILES string of the molecule is N#Cc1ccccc1NC(=O)c1cc2c(s1)CCCCC2. The molecule has 0 spiro atoms. The molecule has 1 aromatic carbocycles. The summed E-state index contributed by atoms with van der Waals surface area (Å²) >= 11 is 1.59. The third-order valence-electron chi connectivity index (χ3n) is 3.77. The van der Waals surface area contributed by atoms with Crippen LogP contribution in [-0.4, -0.2) is 5.91 Å². The van der Waals surface area contributed by atoms with E-state index >= 15 is 0 Å². The van der Waals surface area contributed by atoms with Crippen molar-refractivity contribution in [1.29, 1.82) is 5.26 Å². The van der Waals surface area contributed by atoms with Gasteiger partial charge in [-0.25, -0.2) is 0 Å². The first-order valence-corrected chi connectivity index (χ1v) is 8.01. The number of nitrogens with one attached hydrogen (secondary N) is 1. The van der Waals surface area contributed by atoms with Crippen LogP contribution in [0.3, 0.4) is 0 Å². The van der Waals surface area contributed by atoms with E-state index in [-0.39, 0.29) is 5.91 Å². The van der Waals surface area contributed by atoms with Gasteiger partial charge in [0.25, 0.3) is 5.91 Å². The Bertz CT molecular complexity index is 688. The Labute approximate surface area is 128 Å². The molecule has 21 heavy (non-hydrogen) atoms. The van der Waals surface area contributed by atoms with Crippen LogP contribution in [0, 0.1) is 11.3 Å². The molecule has 0 saturated carbocycles. The normalized spacial score (nSPS) is 13.9. The fourth-order valence-corrected chi connectivity index (χ4v) is 3.80. The van der Waals surface area contributed by atoms with E-state index in [1.807, 2.05) is 12.1 Å². The van der Waals surface area contributed by atoms with Gasteiger partial charge in [-0.3, -0.25) is 4.79 Å². The van der Waals surface area contributed by atoms with Crippen molar-refractivity contribution in [2.24, 2.45) is 0 Å². The predicted octanol–water partition coefficient (Wildman–Crippen LogP) is 4.14. The minimum absolute atomic E-state index is 0.115. The van der Waals surface area contributed by atoms with Crippen molar-refractivity contribution >= 4 is 22.9 Å². The smallest absolute Gasteiger partial charge is 0.265 e. The number of anilines is 1. The molecule has 0 fully saturated rings. The minimum Gasteiger partial charge on any atom is -0.320 e. The maximum atomic E-state index is 12.4. The quantitative estimate of drug-likeness (QED) is 0.847. The number of nitriles is 1. The number of carbonyl (C=O) groups excluding carboxylic acids is 1. The van der Waals surface area contributed by atoms with Crippen LogP contribution in [0.2, 0.25) is 0 Å². The van der Waals surface area contributed by atoms with Crippen molar-refractivity contribution in [1.82, 2.24) is 0 Å². The molecule has 2 aromatic rings. The third kappa shape index (κ3) is 2.98. The van der Waals surface area contributed by atoms with Crippen molar-refractivity contribution in [2.75, 3.05) is 5.32 Å². The van der Waals surface area contributed by atoms with Gasteiger partial charge in [-0.15, -0.1) is 11.3 Å². The zero-order chi connectivity index (χ0) is 14.7. The van der Waals surface area contributed by atoms with Crippen LogP contribution >= 0.6 is 11.3 Å². The number of hydrogen-bond donors (Lipinski definition) is 1. The summed E-state index contributed by atoms with van der Waals surface area (Å²) in [6, 6.07) is 11.2. The van der Waals surface area contributed by atoms with Crippen LogP contribution in [0.5, 0.6) is 0 Å². The standard InChI is InChI=1S/C17H16N2OS/c18-11-13-7-4-5-8-14(13)19-17(20)16-10-12-6-2-1-3-9-15(12)21-16/h4-5,7-8,10H,1-3,6,9H2,(H,19,20). The fourth-order valence-electron chi connectivity index (χ4n) is 2.65. The maximum Gasteiger partial charge on any atom is 0.265 e. The molecular weight excluding hydrogens is 280 g/mol. The van der Waals surface area contributed by atoms with Gasteiger partial charge in [0.1, 0.15) is 6.07 Å². The summed E-state index contributed by atoms with van der Waals surface area (Å²) < 4.78 is 0. The molecule has 0 radical (unpaired) electrons. The Morgan fingerprint density at radius 2 is 2.00 bits per heavy atom. The first-order valence-electron chi connectivity index (χ1n) is 7.20. The molecular formula is C17H16N2OS. The number of fused-ring (bicyclic) bond motifs is 1. The number of hydrogen-bond acceptors (Lipinski definition) is 3. The van der Waals surface area contributed by atoms with Gasteiger partial charge < -0.3 is 5.32 Å². The van der Waals surface area contributed by atoms with E-state index in [0.717, 1.165) is 17.7 Å². The largest absolute Gasteiger partial charge is 0.320 e. The summed E-state index contributed by atoms with van der Waals surface area (Å²) in [4.78, 5) is 14.5. The van der Waals surface area contributed by atoms with E-state index in [0.29, 0.717) is 11.3 Å². The van der Waals surface area contributed by atoms with E-state index in [1.54, 1.807) is 29.5 Å². The van der Waals surface area contributed by atoms with E-state index in [4.69, 9.17) is 5.26 Å². The highest BCUT2D eigenvalue weighted by atomic mass is 32.1. The van der Waals surface area contributed by atoms with E-state index in [1.165, 1.54) is 29.7 Å². The molecule has 3 nitrogen and oxygen atoms in total. The van der Waals surface area contributed by atoms with Gasteiger partial charge in [0, 0.05) is 4.88 Å². The first kappa shape index (κ1) is 13.8. The summed E-state index contributed by atoms with van der Waals surface area (Å²) in [6.07, 6.45) is 5.86. The van der Waals surface area contributed by atoms with Gasteiger partial charge in [-0.05, 0) is 49.4 Å². The van der Waals surface area contributed by atoms with E-state index in [2.05, 4.69) is 11.4 Å². The molecule has 0 atom stereocenters. The van der Waals surface area contributed by atoms with Gasteiger partial charge in [0.05, 0.1) is 16.1 Å². The number of rotatable bonds is 2. The fraction of sp³-hybridized carbons (Fsp3) is 0.294. The molecule has 1 aliphatic carbocycles. The molecule has 1 N–H and O–H groups in total. The molecule has 0 aliphatic heterocycles. The van der Waals surface area contributed by atoms with Crippen LogP contribution in [-0.2, 0) is 12.8 Å². The second-order valence-corrected chi connectivity index (χ2v) is 6.37. The van der Waals surface area contributed by atoms with Gasteiger partial charge >= 0.3 is 0 Å². The molecule has 4 heteroatoms. The first-order chi connectivity index (χ1) is 10.3. The zero-order valence-electron chi connectivity index (χ0n) is 11.7. The average Bonchev–Trinajstić information content (AvgIpc) is 2.79. The van der Waals surface area contributed by atoms with Crippen LogP contribution in [0.1, 0.15) is 44.9 Å². The number of para-hydroxylation sites is 1. The Balaban J connectivity index is 1.81. The molecule has 106 valence electrons. The summed E-state index contributed by atoms with van der Waals surface area (Å²) in [5.74, 6) is -0.115. The lowest BCUT2D eigenvalue weighted by atomic mass is 10.1. The minimum atomic E-state index is -0.115. The van der Waals surface area contributed by atoms with Gasteiger partial charge in [-0.1, -0.05) is 18.6 Å². The zero-order valence-corrected chi connectivity index (χ0v) is 12.5. The number of amides is 1. The highest BCUT2D eigenvalue weighted by molar-refractivity contribution is 7.14. The highest BCUT2D eigenvalue weighted by Crippen LogP contribution is 2.29. The van der Waals surface area contributed by atoms with Crippen LogP contribution in [0.15, 0.2) is 30.3 Å². The van der Waals surface area contributed by atoms with Crippen LogP contribution in [0.4, 0.5) is 5.69 Å². The predicted molar refractivity (Wildman–Crippen MR) is 84.7 cm³/mol. The highest BCUT2D eigenvalue weighted by Gasteiger charge is 2.17. The molecule has 0 saturated heterocycles. The molecule has 1 aliphatic rings. The molecule has 1 amide bonds. The van der Waals surface area contributed by atoms with Crippen molar-refractivity contribution in [3.63, 3.8) is 0 Å². The Kier molecular flexibility index (Phi) is 4.03. The van der Waals surface area contributed by atoms with Gasteiger partial charge in [0.2, 0.25) is 0 Å². The lowest BCUT2D eigenvalue weighted by Gasteiger charge is -2.05. The van der Waals surface area contributed by atoms with Gasteiger partial charge in [-0.2, -0.15) is 5.26 Å². The Hall–Kier alpha value is -2.12. The van der Waals surface area contributed by atoms with Crippen molar-refractivity contribution in [3.8, 4) is 6.07 Å². The van der Waals surface area contributed by atoms with Gasteiger partial charge in [0.15, 0.2) is 0 Å². The second-order valence-electron chi connectivity index (χ2n) is 5.23. The third-order valence-corrected chi connectivity index (χ3v) is 5.00. The number of carbonyl (C=O) groups is 1. The average molecular weight is 296 g/mol. The lowest BCUT2D eigenvalue weighted by Crippen LogP contribution is -2.11. The molecule has 1 heterocycles. The Morgan fingerprint density at radius 1 is 1.19 bits per heavy atom. The monoisotopic (exact) mass is 296 g/mol. The summed E-state index contributed by atoms with van der Waals surface area (Å²) in [6.45, 7) is 0. The topological polar surface area (TPSA) is 52.9 Å². The number of nitrogens with zero attached hydrogens (tertiary/aromatic N) is 1. The lowest BCUT2D eigenvalue weighted by molar-refractivity contribution is 0.103. The molecule has 0 unspecified atom stereocenters. The number of benzene rings is 1. The summed E-state index contributed by atoms with van der Waals surface area (Å²) in [5, 5.41) is 11.9. The molecule has 0 bridgehead atoms. The maximum absolute atomic E-state index is 12.4. The van der Waals surface area contributed by atoms with Crippen molar-refractivity contribution in [2.45, 2.75) is 32.1 Å².